The minimum absolute atomic E-state index is 0.00705. The van der Waals surface area contributed by atoms with Crippen LogP contribution >= 0.6 is 0 Å². The Balaban J connectivity index is 1.92. The molecule has 5 nitrogen and oxygen atoms in total. The first kappa shape index (κ1) is 15.5. The van der Waals surface area contributed by atoms with Gasteiger partial charge in [-0.05, 0) is 29.9 Å². The molecule has 1 saturated carbocycles. The monoisotopic (exact) mass is 291 g/mol. The SMILES string of the molecule is CC1CC(C(=O)O)C(C(=O)NCc2ccc(CO)cc2)C1. The van der Waals surface area contributed by atoms with E-state index in [0.717, 1.165) is 11.1 Å². The van der Waals surface area contributed by atoms with E-state index in [1.807, 2.05) is 19.1 Å². The molecule has 114 valence electrons. The number of amides is 1. The molecular formula is C16H21NO4. The Morgan fingerprint density at radius 1 is 1.14 bits per heavy atom. The van der Waals surface area contributed by atoms with Gasteiger partial charge in [0, 0.05) is 6.54 Å². The molecule has 1 aliphatic rings. The van der Waals surface area contributed by atoms with Crippen LogP contribution in [0.3, 0.4) is 0 Å². The molecular weight excluding hydrogens is 270 g/mol. The fraction of sp³-hybridized carbons (Fsp3) is 0.500. The van der Waals surface area contributed by atoms with Gasteiger partial charge < -0.3 is 15.5 Å². The van der Waals surface area contributed by atoms with E-state index in [2.05, 4.69) is 5.32 Å². The molecule has 2 rings (SSSR count). The molecule has 21 heavy (non-hydrogen) atoms. The molecule has 0 spiro atoms. The summed E-state index contributed by atoms with van der Waals surface area (Å²) in [7, 11) is 0. The van der Waals surface area contributed by atoms with Gasteiger partial charge in [-0.3, -0.25) is 9.59 Å². The average molecular weight is 291 g/mol. The number of nitrogens with one attached hydrogen (secondary N) is 1. The second-order valence-electron chi connectivity index (χ2n) is 5.82. The van der Waals surface area contributed by atoms with Crippen LogP contribution in [0, 0.1) is 17.8 Å². The van der Waals surface area contributed by atoms with E-state index in [-0.39, 0.29) is 18.4 Å². The predicted molar refractivity (Wildman–Crippen MR) is 77.2 cm³/mol. The Kier molecular flexibility index (Phi) is 4.96. The maximum Gasteiger partial charge on any atom is 0.307 e. The first-order chi connectivity index (χ1) is 10.0. The standard InChI is InChI=1S/C16H21NO4/c1-10-6-13(14(7-10)16(20)21)15(19)17-8-11-2-4-12(9-18)5-3-11/h2-5,10,13-14,18H,6-9H2,1H3,(H,17,19)(H,20,21). The van der Waals surface area contributed by atoms with Gasteiger partial charge in [0.2, 0.25) is 5.91 Å². The number of aliphatic hydroxyl groups excluding tert-OH is 1. The summed E-state index contributed by atoms with van der Waals surface area (Å²) >= 11 is 0. The van der Waals surface area contributed by atoms with Crippen molar-refractivity contribution in [2.24, 2.45) is 17.8 Å². The van der Waals surface area contributed by atoms with E-state index in [4.69, 9.17) is 5.11 Å². The highest BCUT2D eigenvalue weighted by Gasteiger charge is 2.40. The highest BCUT2D eigenvalue weighted by molar-refractivity contribution is 5.85. The van der Waals surface area contributed by atoms with Crippen molar-refractivity contribution in [2.45, 2.75) is 32.9 Å². The fourth-order valence-electron chi connectivity index (χ4n) is 2.94. The van der Waals surface area contributed by atoms with Crippen LogP contribution in [0.1, 0.15) is 30.9 Å². The summed E-state index contributed by atoms with van der Waals surface area (Å²) in [6, 6.07) is 7.30. The molecule has 1 aromatic carbocycles. The lowest BCUT2D eigenvalue weighted by Gasteiger charge is -2.15. The quantitative estimate of drug-likeness (QED) is 0.768. The van der Waals surface area contributed by atoms with Gasteiger partial charge in [-0.2, -0.15) is 0 Å². The summed E-state index contributed by atoms with van der Waals surface area (Å²) in [6.07, 6.45) is 1.20. The Morgan fingerprint density at radius 2 is 1.71 bits per heavy atom. The smallest absolute Gasteiger partial charge is 0.307 e. The maximum absolute atomic E-state index is 12.2. The van der Waals surface area contributed by atoms with Gasteiger partial charge in [-0.15, -0.1) is 0 Å². The van der Waals surface area contributed by atoms with Crippen molar-refractivity contribution in [1.82, 2.24) is 5.32 Å². The molecule has 0 saturated heterocycles. The van der Waals surface area contributed by atoms with Crippen molar-refractivity contribution in [1.29, 1.82) is 0 Å². The second kappa shape index (κ2) is 6.72. The summed E-state index contributed by atoms with van der Waals surface area (Å²) in [5, 5.41) is 21.0. The van der Waals surface area contributed by atoms with Gasteiger partial charge in [0.15, 0.2) is 0 Å². The summed E-state index contributed by atoms with van der Waals surface area (Å²) in [6.45, 7) is 2.35. The lowest BCUT2D eigenvalue weighted by molar-refractivity contribution is -0.146. The lowest BCUT2D eigenvalue weighted by Crippen LogP contribution is -2.34. The zero-order valence-electron chi connectivity index (χ0n) is 12.1. The van der Waals surface area contributed by atoms with E-state index in [0.29, 0.717) is 19.4 Å². The summed E-state index contributed by atoms with van der Waals surface area (Å²) < 4.78 is 0. The number of carbonyl (C=O) groups is 2. The Morgan fingerprint density at radius 3 is 2.29 bits per heavy atom. The molecule has 3 N–H and O–H groups in total. The van der Waals surface area contributed by atoms with Crippen molar-refractivity contribution in [3.05, 3.63) is 35.4 Å². The van der Waals surface area contributed by atoms with Gasteiger partial charge >= 0.3 is 5.97 Å². The zero-order chi connectivity index (χ0) is 15.4. The number of hydrogen-bond acceptors (Lipinski definition) is 3. The van der Waals surface area contributed by atoms with Crippen molar-refractivity contribution in [2.75, 3.05) is 0 Å². The minimum Gasteiger partial charge on any atom is -0.481 e. The minimum atomic E-state index is -0.883. The van der Waals surface area contributed by atoms with Gasteiger partial charge in [-0.1, -0.05) is 31.2 Å². The maximum atomic E-state index is 12.2. The number of hydrogen-bond donors (Lipinski definition) is 3. The van der Waals surface area contributed by atoms with Crippen molar-refractivity contribution < 1.29 is 19.8 Å². The van der Waals surface area contributed by atoms with Crippen LogP contribution in [0.5, 0.6) is 0 Å². The van der Waals surface area contributed by atoms with Crippen LogP contribution < -0.4 is 5.32 Å². The van der Waals surface area contributed by atoms with Crippen molar-refractivity contribution in [3.63, 3.8) is 0 Å². The molecule has 1 amide bonds. The molecule has 0 heterocycles. The van der Waals surface area contributed by atoms with Crippen LogP contribution in [0.2, 0.25) is 0 Å². The van der Waals surface area contributed by atoms with E-state index in [9.17, 15) is 14.7 Å². The zero-order valence-corrected chi connectivity index (χ0v) is 12.1. The molecule has 1 aliphatic carbocycles. The number of carboxylic acid groups (broad SMARTS) is 1. The van der Waals surface area contributed by atoms with Crippen LogP contribution in [0.25, 0.3) is 0 Å². The fourth-order valence-corrected chi connectivity index (χ4v) is 2.94. The molecule has 0 bridgehead atoms. The Labute approximate surface area is 124 Å². The number of rotatable bonds is 5. The molecule has 0 aromatic heterocycles. The summed E-state index contributed by atoms with van der Waals surface area (Å²) in [4.78, 5) is 23.4. The van der Waals surface area contributed by atoms with E-state index >= 15 is 0 Å². The average Bonchev–Trinajstić information content (AvgIpc) is 2.87. The number of aliphatic carboxylic acids is 1. The summed E-state index contributed by atoms with van der Waals surface area (Å²) in [5.74, 6) is -1.80. The predicted octanol–water partition coefficient (Wildman–Crippen LogP) is 1.54. The number of benzene rings is 1. The molecule has 0 aliphatic heterocycles. The van der Waals surface area contributed by atoms with Gasteiger partial charge in [-0.25, -0.2) is 0 Å². The number of carboxylic acids is 1. The van der Waals surface area contributed by atoms with Crippen LogP contribution in [-0.2, 0) is 22.7 Å². The molecule has 1 fully saturated rings. The van der Waals surface area contributed by atoms with E-state index in [1.54, 1.807) is 12.1 Å². The Hall–Kier alpha value is -1.88. The third-order valence-corrected chi connectivity index (χ3v) is 4.12. The third-order valence-electron chi connectivity index (χ3n) is 4.12. The molecule has 3 unspecified atom stereocenters. The molecule has 3 atom stereocenters. The normalized spacial score (nSPS) is 24.8. The largest absolute Gasteiger partial charge is 0.481 e. The highest BCUT2D eigenvalue weighted by Crippen LogP contribution is 2.36. The molecule has 1 aromatic rings. The number of aliphatic hydroxyl groups is 1. The third kappa shape index (κ3) is 3.82. The highest BCUT2D eigenvalue weighted by atomic mass is 16.4. The van der Waals surface area contributed by atoms with E-state index in [1.165, 1.54) is 0 Å². The van der Waals surface area contributed by atoms with E-state index < -0.39 is 17.8 Å². The van der Waals surface area contributed by atoms with Gasteiger partial charge in [0.25, 0.3) is 0 Å². The first-order valence-corrected chi connectivity index (χ1v) is 7.20. The van der Waals surface area contributed by atoms with Crippen LogP contribution in [0.4, 0.5) is 0 Å². The summed E-state index contributed by atoms with van der Waals surface area (Å²) in [5.41, 5.74) is 1.75. The number of carbonyl (C=O) groups excluding carboxylic acids is 1. The molecule has 0 radical (unpaired) electrons. The lowest BCUT2D eigenvalue weighted by atomic mass is 9.95. The Bertz CT molecular complexity index is 512. The topological polar surface area (TPSA) is 86.6 Å². The van der Waals surface area contributed by atoms with Gasteiger partial charge in [0.05, 0.1) is 18.4 Å². The van der Waals surface area contributed by atoms with Crippen molar-refractivity contribution in [3.8, 4) is 0 Å². The molecule has 5 heteroatoms. The van der Waals surface area contributed by atoms with Gasteiger partial charge in [0.1, 0.15) is 0 Å². The first-order valence-electron chi connectivity index (χ1n) is 7.20. The van der Waals surface area contributed by atoms with Crippen LogP contribution in [-0.4, -0.2) is 22.1 Å². The second-order valence-corrected chi connectivity index (χ2v) is 5.82. The van der Waals surface area contributed by atoms with Crippen molar-refractivity contribution >= 4 is 11.9 Å². The van der Waals surface area contributed by atoms with Crippen LogP contribution in [0.15, 0.2) is 24.3 Å².